The molecule has 1 heterocycles. The summed E-state index contributed by atoms with van der Waals surface area (Å²) in [4.78, 5) is 8.64. The first-order chi connectivity index (χ1) is 8.95. The molecule has 1 N–H and O–H groups in total. The molecule has 0 aliphatic rings. The maximum absolute atomic E-state index is 11.3. The van der Waals surface area contributed by atoms with Crippen LogP contribution in [-0.4, -0.2) is 24.6 Å². The van der Waals surface area contributed by atoms with Gasteiger partial charge in [0.2, 0.25) is 5.95 Å². The zero-order valence-corrected chi connectivity index (χ0v) is 11.6. The molecule has 0 saturated carbocycles. The van der Waals surface area contributed by atoms with E-state index in [0.29, 0.717) is 17.4 Å². The maximum Gasteiger partial charge on any atom is 0.223 e. The van der Waals surface area contributed by atoms with Gasteiger partial charge in [0.05, 0.1) is 4.90 Å². The van der Waals surface area contributed by atoms with E-state index in [9.17, 15) is 8.42 Å². The van der Waals surface area contributed by atoms with Crippen molar-refractivity contribution in [2.75, 3.05) is 11.6 Å². The summed E-state index contributed by atoms with van der Waals surface area (Å²) in [5.41, 5.74) is 1.86. The summed E-state index contributed by atoms with van der Waals surface area (Å²) in [6.07, 6.45) is 2.89. The van der Waals surface area contributed by atoms with Crippen LogP contribution in [0.4, 0.5) is 5.95 Å². The average Bonchev–Trinajstić information content (AvgIpc) is 2.36. The topological polar surface area (TPSA) is 72.0 Å². The Morgan fingerprint density at radius 3 is 2.42 bits per heavy atom. The van der Waals surface area contributed by atoms with E-state index in [1.54, 1.807) is 30.5 Å². The second-order valence-corrected chi connectivity index (χ2v) is 6.31. The number of hydrogen-bond acceptors (Lipinski definition) is 5. The summed E-state index contributed by atoms with van der Waals surface area (Å²) < 4.78 is 22.7. The Hall–Kier alpha value is -1.95. The minimum absolute atomic E-state index is 0.322. The molecule has 0 aliphatic heterocycles. The average molecular weight is 277 g/mol. The van der Waals surface area contributed by atoms with Crippen LogP contribution in [0.2, 0.25) is 0 Å². The summed E-state index contributed by atoms with van der Waals surface area (Å²) in [6.45, 7) is 2.45. The van der Waals surface area contributed by atoms with Crippen LogP contribution in [0.15, 0.2) is 41.4 Å². The van der Waals surface area contributed by atoms with Gasteiger partial charge < -0.3 is 5.32 Å². The van der Waals surface area contributed by atoms with Crippen LogP contribution in [-0.2, 0) is 16.4 Å². The van der Waals surface area contributed by atoms with Crippen LogP contribution in [0, 0.1) is 6.92 Å². The Balaban J connectivity index is 2.05. The number of benzene rings is 1. The normalized spacial score (nSPS) is 11.3. The molecular formula is C13H15N3O2S. The standard InChI is InChI=1S/C13H15N3O2S/c1-10-7-8-14-13(16-10)15-9-11-3-5-12(6-4-11)19(2,17)18/h3-8H,9H2,1-2H3,(H,14,15,16). The highest BCUT2D eigenvalue weighted by molar-refractivity contribution is 7.90. The van der Waals surface area contributed by atoms with Crippen LogP contribution >= 0.6 is 0 Å². The molecule has 2 rings (SSSR count). The van der Waals surface area contributed by atoms with Gasteiger partial charge in [-0.1, -0.05) is 12.1 Å². The van der Waals surface area contributed by atoms with Crippen molar-refractivity contribution in [3.05, 3.63) is 47.8 Å². The lowest BCUT2D eigenvalue weighted by atomic mass is 10.2. The van der Waals surface area contributed by atoms with E-state index in [0.717, 1.165) is 11.3 Å². The predicted molar refractivity (Wildman–Crippen MR) is 73.6 cm³/mol. The summed E-state index contributed by atoms with van der Waals surface area (Å²) in [7, 11) is -3.14. The summed E-state index contributed by atoms with van der Waals surface area (Å²) in [5.74, 6) is 0.562. The molecule has 0 spiro atoms. The Morgan fingerprint density at radius 2 is 1.84 bits per heavy atom. The summed E-state index contributed by atoms with van der Waals surface area (Å²) in [5, 5.41) is 3.09. The van der Waals surface area contributed by atoms with Gasteiger partial charge in [-0.05, 0) is 30.7 Å². The number of rotatable bonds is 4. The van der Waals surface area contributed by atoms with Crippen molar-refractivity contribution < 1.29 is 8.42 Å². The fourth-order valence-electron chi connectivity index (χ4n) is 1.57. The van der Waals surface area contributed by atoms with Gasteiger partial charge in [-0.25, -0.2) is 18.4 Å². The van der Waals surface area contributed by atoms with Gasteiger partial charge in [-0.3, -0.25) is 0 Å². The second-order valence-electron chi connectivity index (χ2n) is 4.29. The molecule has 2 aromatic rings. The van der Waals surface area contributed by atoms with Gasteiger partial charge >= 0.3 is 0 Å². The number of hydrogen-bond donors (Lipinski definition) is 1. The zero-order chi connectivity index (χ0) is 13.9. The van der Waals surface area contributed by atoms with E-state index in [-0.39, 0.29) is 0 Å². The van der Waals surface area contributed by atoms with Gasteiger partial charge in [-0.2, -0.15) is 0 Å². The molecule has 0 atom stereocenters. The van der Waals surface area contributed by atoms with Crippen molar-refractivity contribution in [2.24, 2.45) is 0 Å². The van der Waals surface area contributed by atoms with Crippen molar-refractivity contribution in [2.45, 2.75) is 18.4 Å². The molecule has 0 fully saturated rings. The highest BCUT2D eigenvalue weighted by Crippen LogP contribution is 2.11. The predicted octanol–water partition coefficient (Wildman–Crippen LogP) is 1.80. The third-order valence-electron chi connectivity index (χ3n) is 2.60. The molecule has 1 aromatic heterocycles. The summed E-state index contributed by atoms with van der Waals surface area (Å²) in [6, 6.07) is 8.58. The maximum atomic E-state index is 11.3. The smallest absolute Gasteiger partial charge is 0.223 e. The fourth-order valence-corrected chi connectivity index (χ4v) is 2.20. The minimum atomic E-state index is -3.14. The van der Waals surface area contributed by atoms with Crippen LogP contribution in [0.25, 0.3) is 0 Å². The van der Waals surface area contributed by atoms with Gasteiger partial charge in [-0.15, -0.1) is 0 Å². The number of aryl methyl sites for hydroxylation is 1. The van der Waals surface area contributed by atoms with Crippen molar-refractivity contribution in [3.63, 3.8) is 0 Å². The SMILES string of the molecule is Cc1ccnc(NCc2ccc(S(C)(=O)=O)cc2)n1. The lowest BCUT2D eigenvalue weighted by Gasteiger charge is -2.06. The number of aromatic nitrogens is 2. The molecule has 6 heteroatoms. The van der Waals surface area contributed by atoms with Gasteiger partial charge in [0, 0.05) is 24.7 Å². The van der Waals surface area contributed by atoms with Crippen molar-refractivity contribution in [1.82, 2.24) is 9.97 Å². The van der Waals surface area contributed by atoms with Gasteiger partial charge in [0.25, 0.3) is 0 Å². The molecule has 0 unspecified atom stereocenters. The van der Waals surface area contributed by atoms with Crippen LogP contribution in [0.3, 0.4) is 0 Å². The molecule has 0 saturated heterocycles. The first-order valence-corrected chi connectivity index (χ1v) is 7.67. The largest absolute Gasteiger partial charge is 0.350 e. The molecule has 1 aromatic carbocycles. The fraction of sp³-hybridized carbons (Fsp3) is 0.231. The molecule has 0 aliphatic carbocycles. The molecule has 0 amide bonds. The monoisotopic (exact) mass is 277 g/mol. The second kappa shape index (κ2) is 5.36. The van der Waals surface area contributed by atoms with E-state index >= 15 is 0 Å². The molecule has 0 bridgehead atoms. The first-order valence-electron chi connectivity index (χ1n) is 5.78. The Kier molecular flexibility index (Phi) is 3.80. The van der Waals surface area contributed by atoms with Crippen molar-refractivity contribution in [1.29, 1.82) is 0 Å². The molecule has 5 nitrogen and oxygen atoms in total. The number of anilines is 1. The number of nitrogens with zero attached hydrogens (tertiary/aromatic N) is 2. The van der Waals surface area contributed by atoms with E-state index in [4.69, 9.17) is 0 Å². The number of sulfone groups is 1. The highest BCUT2D eigenvalue weighted by Gasteiger charge is 2.06. The highest BCUT2D eigenvalue weighted by atomic mass is 32.2. The third kappa shape index (κ3) is 3.75. The molecular weight excluding hydrogens is 262 g/mol. The Morgan fingerprint density at radius 1 is 1.16 bits per heavy atom. The van der Waals surface area contributed by atoms with Crippen molar-refractivity contribution in [3.8, 4) is 0 Å². The third-order valence-corrected chi connectivity index (χ3v) is 3.73. The Bertz CT molecular complexity index is 667. The quantitative estimate of drug-likeness (QED) is 0.922. The number of nitrogens with one attached hydrogen (secondary N) is 1. The Labute approximate surface area is 112 Å². The van der Waals surface area contributed by atoms with Crippen LogP contribution in [0.5, 0.6) is 0 Å². The molecule has 19 heavy (non-hydrogen) atoms. The van der Waals surface area contributed by atoms with Crippen molar-refractivity contribution >= 4 is 15.8 Å². The van der Waals surface area contributed by atoms with Crippen LogP contribution < -0.4 is 5.32 Å². The minimum Gasteiger partial charge on any atom is -0.350 e. The van der Waals surface area contributed by atoms with Gasteiger partial charge in [0.15, 0.2) is 9.84 Å². The molecule has 100 valence electrons. The van der Waals surface area contributed by atoms with E-state index < -0.39 is 9.84 Å². The zero-order valence-electron chi connectivity index (χ0n) is 10.8. The molecule has 0 radical (unpaired) electrons. The van der Waals surface area contributed by atoms with Crippen LogP contribution in [0.1, 0.15) is 11.3 Å². The summed E-state index contributed by atoms with van der Waals surface area (Å²) >= 11 is 0. The van der Waals surface area contributed by atoms with E-state index in [1.807, 2.05) is 13.0 Å². The lowest BCUT2D eigenvalue weighted by molar-refractivity contribution is 0.602. The first kappa shape index (κ1) is 13.5. The van der Waals surface area contributed by atoms with E-state index in [1.165, 1.54) is 6.26 Å². The van der Waals surface area contributed by atoms with E-state index in [2.05, 4.69) is 15.3 Å². The van der Waals surface area contributed by atoms with Gasteiger partial charge in [0.1, 0.15) is 0 Å². The lowest BCUT2D eigenvalue weighted by Crippen LogP contribution is -2.04.